The molecule has 0 amide bonds. The number of hydrogen-bond donors (Lipinski definition) is 2. The Kier molecular flexibility index (Phi) is 3.01. The lowest BCUT2D eigenvalue weighted by atomic mass is 10.0. The van der Waals surface area contributed by atoms with Gasteiger partial charge in [-0.1, -0.05) is 25.5 Å². The number of benzene rings is 1. The number of fused-ring (bicyclic) bond motifs is 1. The molecular weight excluding hydrogens is 196 g/mol. The monoisotopic (exact) mass is 216 g/mol. The average Bonchev–Trinajstić information content (AvgIpc) is 2.58. The van der Waals surface area contributed by atoms with Crippen LogP contribution in [0, 0.1) is 6.92 Å². The van der Waals surface area contributed by atoms with E-state index in [0.29, 0.717) is 5.92 Å². The summed E-state index contributed by atoms with van der Waals surface area (Å²) < 4.78 is 0. The molecule has 0 bridgehead atoms. The number of aromatic nitrogens is 1. The molecule has 0 saturated carbocycles. The van der Waals surface area contributed by atoms with E-state index in [9.17, 15) is 0 Å². The van der Waals surface area contributed by atoms with E-state index in [1.165, 1.54) is 27.7 Å². The highest BCUT2D eigenvalue weighted by atomic mass is 14.8. The van der Waals surface area contributed by atoms with Gasteiger partial charge in [0.05, 0.1) is 0 Å². The summed E-state index contributed by atoms with van der Waals surface area (Å²) in [6.45, 7) is 7.54. The van der Waals surface area contributed by atoms with Gasteiger partial charge in [0, 0.05) is 23.1 Å². The zero-order valence-corrected chi connectivity index (χ0v) is 10.5. The second-order valence-corrected chi connectivity index (χ2v) is 4.75. The van der Waals surface area contributed by atoms with Crippen LogP contribution >= 0.6 is 0 Å². The van der Waals surface area contributed by atoms with Crippen LogP contribution in [-0.2, 0) is 6.54 Å². The summed E-state index contributed by atoms with van der Waals surface area (Å²) in [7, 11) is 2.00. The van der Waals surface area contributed by atoms with Crippen LogP contribution in [0.1, 0.15) is 36.6 Å². The highest BCUT2D eigenvalue weighted by Crippen LogP contribution is 2.28. The van der Waals surface area contributed by atoms with Crippen molar-refractivity contribution in [2.24, 2.45) is 0 Å². The first-order valence-electron chi connectivity index (χ1n) is 5.89. The van der Waals surface area contributed by atoms with Gasteiger partial charge in [0.2, 0.25) is 0 Å². The van der Waals surface area contributed by atoms with E-state index in [0.717, 1.165) is 6.54 Å². The van der Waals surface area contributed by atoms with Crippen molar-refractivity contribution in [3.05, 3.63) is 35.0 Å². The van der Waals surface area contributed by atoms with Crippen LogP contribution in [0.5, 0.6) is 0 Å². The Balaban J connectivity index is 2.67. The van der Waals surface area contributed by atoms with Crippen molar-refractivity contribution in [2.45, 2.75) is 33.2 Å². The Morgan fingerprint density at radius 1 is 1.31 bits per heavy atom. The Labute approximate surface area is 97.1 Å². The van der Waals surface area contributed by atoms with Crippen molar-refractivity contribution in [3.63, 3.8) is 0 Å². The summed E-state index contributed by atoms with van der Waals surface area (Å²) in [4.78, 5) is 3.54. The quantitative estimate of drug-likeness (QED) is 0.809. The van der Waals surface area contributed by atoms with Gasteiger partial charge in [-0.2, -0.15) is 0 Å². The molecule has 0 atom stereocenters. The van der Waals surface area contributed by atoms with Crippen LogP contribution in [0.4, 0.5) is 0 Å². The van der Waals surface area contributed by atoms with Crippen LogP contribution in [0.25, 0.3) is 10.9 Å². The standard InChI is InChI=1S/C14H20N2/c1-9(2)14-12(8-15-4)11-7-10(3)5-6-13(11)16-14/h5-7,9,15-16H,8H2,1-4H3. The van der Waals surface area contributed by atoms with Crippen molar-refractivity contribution in [1.82, 2.24) is 10.3 Å². The third-order valence-corrected chi connectivity index (χ3v) is 3.03. The predicted octanol–water partition coefficient (Wildman–Crippen LogP) is 3.32. The van der Waals surface area contributed by atoms with Gasteiger partial charge < -0.3 is 10.3 Å². The Morgan fingerprint density at radius 2 is 2.06 bits per heavy atom. The van der Waals surface area contributed by atoms with Crippen LogP contribution in [0.2, 0.25) is 0 Å². The van der Waals surface area contributed by atoms with Crippen molar-refractivity contribution in [3.8, 4) is 0 Å². The van der Waals surface area contributed by atoms with Crippen LogP contribution in [-0.4, -0.2) is 12.0 Å². The van der Waals surface area contributed by atoms with E-state index >= 15 is 0 Å². The zero-order valence-electron chi connectivity index (χ0n) is 10.5. The summed E-state index contributed by atoms with van der Waals surface area (Å²) in [6.07, 6.45) is 0. The molecule has 2 nitrogen and oxygen atoms in total. The van der Waals surface area contributed by atoms with Crippen molar-refractivity contribution in [1.29, 1.82) is 0 Å². The lowest BCUT2D eigenvalue weighted by molar-refractivity contribution is 0.768. The topological polar surface area (TPSA) is 27.8 Å². The van der Waals surface area contributed by atoms with Crippen molar-refractivity contribution in [2.75, 3.05) is 7.05 Å². The minimum Gasteiger partial charge on any atom is -0.358 e. The lowest BCUT2D eigenvalue weighted by Gasteiger charge is -2.07. The minimum atomic E-state index is 0.538. The number of nitrogens with one attached hydrogen (secondary N) is 2. The summed E-state index contributed by atoms with van der Waals surface area (Å²) in [5.74, 6) is 0.538. The molecule has 86 valence electrons. The summed E-state index contributed by atoms with van der Waals surface area (Å²) in [5, 5.41) is 4.62. The average molecular weight is 216 g/mol. The second kappa shape index (κ2) is 4.30. The summed E-state index contributed by atoms with van der Waals surface area (Å²) in [5.41, 5.74) is 5.34. The SMILES string of the molecule is CNCc1c(C(C)C)[nH]c2ccc(C)cc12. The molecule has 2 rings (SSSR count). The number of aromatic amines is 1. The van der Waals surface area contributed by atoms with Crippen LogP contribution in [0.3, 0.4) is 0 Å². The molecule has 0 unspecified atom stereocenters. The molecule has 1 heterocycles. The molecule has 2 aromatic rings. The van der Waals surface area contributed by atoms with Gasteiger partial charge in [0.15, 0.2) is 0 Å². The van der Waals surface area contributed by atoms with Gasteiger partial charge in [-0.15, -0.1) is 0 Å². The van der Waals surface area contributed by atoms with Gasteiger partial charge in [-0.3, -0.25) is 0 Å². The van der Waals surface area contributed by atoms with Crippen molar-refractivity contribution >= 4 is 10.9 Å². The zero-order chi connectivity index (χ0) is 11.7. The highest BCUT2D eigenvalue weighted by molar-refractivity contribution is 5.85. The van der Waals surface area contributed by atoms with Gasteiger partial charge in [-0.25, -0.2) is 0 Å². The molecule has 0 aliphatic carbocycles. The maximum absolute atomic E-state index is 3.54. The fraction of sp³-hybridized carbons (Fsp3) is 0.429. The number of H-pyrrole nitrogens is 1. The number of hydrogen-bond acceptors (Lipinski definition) is 1. The van der Waals surface area contributed by atoms with Gasteiger partial charge in [0.1, 0.15) is 0 Å². The molecule has 0 aliphatic rings. The molecule has 0 aliphatic heterocycles. The first-order chi connectivity index (χ1) is 7.63. The maximum Gasteiger partial charge on any atom is 0.0459 e. The van der Waals surface area contributed by atoms with E-state index in [2.05, 4.69) is 49.3 Å². The molecule has 0 saturated heterocycles. The predicted molar refractivity (Wildman–Crippen MR) is 69.9 cm³/mol. The molecule has 1 aromatic heterocycles. The molecular formula is C14H20N2. The lowest BCUT2D eigenvalue weighted by Crippen LogP contribution is -2.07. The molecule has 1 aromatic carbocycles. The first kappa shape index (κ1) is 11.2. The molecule has 16 heavy (non-hydrogen) atoms. The van der Waals surface area contributed by atoms with Crippen LogP contribution < -0.4 is 5.32 Å². The van der Waals surface area contributed by atoms with E-state index < -0.39 is 0 Å². The van der Waals surface area contributed by atoms with E-state index in [-0.39, 0.29) is 0 Å². The van der Waals surface area contributed by atoms with Gasteiger partial charge >= 0.3 is 0 Å². The van der Waals surface area contributed by atoms with E-state index in [4.69, 9.17) is 0 Å². The summed E-state index contributed by atoms with van der Waals surface area (Å²) >= 11 is 0. The van der Waals surface area contributed by atoms with Gasteiger partial charge in [-0.05, 0) is 37.6 Å². The normalized spacial score (nSPS) is 11.6. The molecule has 0 radical (unpaired) electrons. The third kappa shape index (κ3) is 1.85. The van der Waals surface area contributed by atoms with E-state index in [1.54, 1.807) is 0 Å². The Bertz CT molecular complexity index is 495. The van der Waals surface area contributed by atoms with Crippen molar-refractivity contribution < 1.29 is 0 Å². The Hall–Kier alpha value is -1.28. The molecule has 2 N–H and O–H groups in total. The molecule has 0 spiro atoms. The summed E-state index contributed by atoms with van der Waals surface area (Å²) in [6, 6.07) is 6.60. The number of rotatable bonds is 3. The van der Waals surface area contributed by atoms with Crippen LogP contribution in [0.15, 0.2) is 18.2 Å². The first-order valence-corrected chi connectivity index (χ1v) is 5.89. The van der Waals surface area contributed by atoms with Gasteiger partial charge in [0.25, 0.3) is 0 Å². The molecule has 0 fully saturated rings. The smallest absolute Gasteiger partial charge is 0.0459 e. The fourth-order valence-electron chi connectivity index (χ4n) is 2.24. The highest BCUT2D eigenvalue weighted by Gasteiger charge is 2.13. The maximum atomic E-state index is 3.54. The molecule has 2 heteroatoms. The third-order valence-electron chi connectivity index (χ3n) is 3.03. The fourth-order valence-corrected chi connectivity index (χ4v) is 2.24. The van der Waals surface area contributed by atoms with E-state index in [1.807, 2.05) is 7.05 Å². The second-order valence-electron chi connectivity index (χ2n) is 4.75. The number of aryl methyl sites for hydroxylation is 1. The minimum absolute atomic E-state index is 0.538. The largest absolute Gasteiger partial charge is 0.358 e. The Morgan fingerprint density at radius 3 is 2.69 bits per heavy atom.